The van der Waals surface area contributed by atoms with Crippen molar-refractivity contribution in [3.63, 3.8) is 0 Å². The van der Waals surface area contributed by atoms with E-state index >= 15 is 0 Å². The summed E-state index contributed by atoms with van der Waals surface area (Å²) < 4.78 is 13.2. The van der Waals surface area contributed by atoms with Crippen molar-refractivity contribution in [2.45, 2.75) is 6.92 Å². The molecule has 0 radical (unpaired) electrons. The van der Waals surface area contributed by atoms with E-state index in [9.17, 15) is 19.7 Å². The van der Waals surface area contributed by atoms with Gasteiger partial charge in [0.1, 0.15) is 11.5 Å². The Bertz CT molecular complexity index is 950. The molecule has 0 aliphatic rings. The van der Waals surface area contributed by atoms with Crippen LogP contribution in [0.3, 0.4) is 0 Å². The van der Waals surface area contributed by atoms with Gasteiger partial charge in [-0.15, -0.1) is 0 Å². The third-order valence-corrected chi connectivity index (χ3v) is 6.01. The number of rotatable bonds is 3. The summed E-state index contributed by atoms with van der Waals surface area (Å²) in [6.07, 6.45) is 0. The Balaban J connectivity index is 2.25. The van der Waals surface area contributed by atoms with Crippen LogP contribution in [-0.2, 0) is 4.57 Å². The maximum atomic E-state index is 13.2. The Morgan fingerprint density at radius 1 is 0.792 bits per heavy atom. The van der Waals surface area contributed by atoms with E-state index in [0.29, 0.717) is 5.56 Å². The first-order valence-corrected chi connectivity index (χ1v) is 9.08. The maximum Gasteiger partial charge on any atom is 0.263 e. The number of aromatic hydroxyl groups is 2. The van der Waals surface area contributed by atoms with Crippen LogP contribution in [0.2, 0.25) is 0 Å². The maximum absolute atomic E-state index is 13.2. The SMILES string of the molecule is Cc1ccccc1-c1ccccc1P(=O)(O)c1cc(O)ccc1O. The first-order valence-electron chi connectivity index (χ1n) is 7.42. The molecule has 4 nitrogen and oxygen atoms in total. The van der Waals surface area contributed by atoms with E-state index in [-0.39, 0.29) is 22.1 Å². The van der Waals surface area contributed by atoms with Gasteiger partial charge in [-0.05, 0) is 47.9 Å². The molecule has 5 heteroatoms. The zero-order valence-corrected chi connectivity index (χ0v) is 13.9. The van der Waals surface area contributed by atoms with E-state index in [4.69, 9.17) is 0 Å². The highest BCUT2D eigenvalue weighted by Crippen LogP contribution is 2.45. The van der Waals surface area contributed by atoms with E-state index in [1.165, 1.54) is 12.1 Å². The normalized spacial score (nSPS) is 13.4. The summed E-state index contributed by atoms with van der Waals surface area (Å²) in [4.78, 5) is 10.8. The van der Waals surface area contributed by atoms with Gasteiger partial charge in [-0.2, -0.15) is 0 Å². The molecule has 3 rings (SSSR count). The molecule has 0 bridgehead atoms. The standard InChI is InChI=1S/C19H17O4P/c1-13-6-2-3-7-15(13)16-8-4-5-9-18(16)24(22,23)19-12-14(20)10-11-17(19)21/h2-12,20-21H,1H3,(H,22,23). The van der Waals surface area contributed by atoms with Gasteiger partial charge in [0.2, 0.25) is 0 Å². The summed E-state index contributed by atoms with van der Waals surface area (Å²) in [7, 11) is -4.09. The number of benzene rings is 3. The van der Waals surface area contributed by atoms with Crippen LogP contribution in [0.4, 0.5) is 0 Å². The first-order chi connectivity index (χ1) is 11.4. The predicted octanol–water partition coefficient (Wildman–Crippen LogP) is 3.29. The van der Waals surface area contributed by atoms with E-state index in [2.05, 4.69) is 0 Å². The van der Waals surface area contributed by atoms with Gasteiger partial charge in [0.05, 0.1) is 5.30 Å². The van der Waals surface area contributed by atoms with Gasteiger partial charge in [-0.25, -0.2) is 0 Å². The van der Waals surface area contributed by atoms with E-state index in [1.54, 1.807) is 24.3 Å². The van der Waals surface area contributed by atoms with E-state index < -0.39 is 7.37 Å². The molecule has 24 heavy (non-hydrogen) atoms. The zero-order chi connectivity index (χ0) is 17.3. The van der Waals surface area contributed by atoms with Crippen LogP contribution >= 0.6 is 7.37 Å². The second kappa shape index (κ2) is 6.16. The van der Waals surface area contributed by atoms with Gasteiger partial charge >= 0.3 is 0 Å². The van der Waals surface area contributed by atoms with Gasteiger partial charge in [0.15, 0.2) is 0 Å². The van der Waals surface area contributed by atoms with Gasteiger partial charge in [-0.1, -0.05) is 42.5 Å². The molecular formula is C19H17O4P. The lowest BCUT2D eigenvalue weighted by molar-refractivity contribution is 0.459. The smallest absolute Gasteiger partial charge is 0.263 e. The minimum Gasteiger partial charge on any atom is -0.508 e. The lowest BCUT2D eigenvalue weighted by Gasteiger charge is -2.18. The Labute approximate surface area is 140 Å². The molecule has 0 aliphatic heterocycles. The van der Waals surface area contributed by atoms with Gasteiger partial charge in [-0.3, -0.25) is 4.57 Å². The molecule has 0 saturated heterocycles. The largest absolute Gasteiger partial charge is 0.508 e. The molecule has 0 heterocycles. The van der Waals surface area contributed by atoms with Crippen LogP contribution in [0.25, 0.3) is 11.1 Å². The van der Waals surface area contributed by atoms with Crippen LogP contribution in [0.1, 0.15) is 5.56 Å². The molecule has 0 aliphatic carbocycles. The van der Waals surface area contributed by atoms with Gasteiger partial charge < -0.3 is 15.1 Å². The van der Waals surface area contributed by atoms with E-state index in [1.807, 2.05) is 31.2 Å². The van der Waals surface area contributed by atoms with Crippen molar-refractivity contribution in [3.8, 4) is 22.6 Å². The highest BCUT2D eigenvalue weighted by molar-refractivity contribution is 7.74. The summed E-state index contributed by atoms with van der Waals surface area (Å²) >= 11 is 0. The minimum atomic E-state index is -4.09. The highest BCUT2D eigenvalue weighted by Gasteiger charge is 2.30. The zero-order valence-electron chi connectivity index (χ0n) is 13.0. The van der Waals surface area contributed by atoms with Gasteiger partial charge in [0, 0.05) is 5.30 Å². The lowest BCUT2D eigenvalue weighted by Crippen LogP contribution is -2.18. The molecule has 0 amide bonds. The van der Waals surface area contributed by atoms with Crippen molar-refractivity contribution < 1.29 is 19.7 Å². The number of phenols is 2. The summed E-state index contributed by atoms with van der Waals surface area (Å²) in [6, 6.07) is 18.0. The van der Waals surface area contributed by atoms with Crippen LogP contribution in [-0.4, -0.2) is 15.1 Å². The highest BCUT2D eigenvalue weighted by atomic mass is 31.2. The molecule has 3 N–H and O–H groups in total. The molecule has 1 atom stereocenters. The van der Waals surface area contributed by atoms with Crippen LogP contribution < -0.4 is 10.6 Å². The molecule has 0 fully saturated rings. The molecule has 3 aromatic carbocycles. The second-order valence-electron chi connectivity index (χ2n) is 5.58. The Morgan fingerprint density at radius 2 is 1.42 bits per heavy atom. The quantitative estimate of drug-likeness (QED) is 0.505. The molecular weight excluding hydrogens is 323 g/mol. The van der Waals surface area contributed by atoms with Crippen molar-refractivity contribution >= 4 is 18.0 Å². The molecule has 0 saturated carbocycles. The summed E-state index contributed by atoms with van der Waals surface area (Å²) in [5, 5.41) is 19.7. The fourth-order valence-corrected chi connectivity index (χ4v) is 4.49. The summed E-state index contributed by atoms with van der Waals surface area (Å²) in [5.74, 6) is -0.497. The summed E-state index contributed by atoms with van der Waals surface area (Å²) in [5.41, 5.74) is 2.45. The number of aryl methyl sites for hydroxylation is 1. The van der Waals surface area contributed by atoms with Crippen molar-refractivity contribution in [1.82, 2.24) is 0 Å². The Morgan fingerprint density at radius 3 is 2.12 bits per heavy atom. The van der Waals surface area contributed by atoms with Crippen molar-refractivity contribution in [3.05, 3.63) is 72.3 Å². The molecule has 1 unspecified atom stereocenters. The van der Waals surface area contributed by atoms with Gasteiger partial charge in [0.25, 0.3) is 7.37 Å². The third kappa shape index (κ3) is 2.82. The number of phenolic OH excluding ortho intramolecular Hbond substituents is 2. The molecule has 0 spiro atoms. The number of hydrogen-bond donors (Lipinski definition) is 3. The second-order valence-corrected chi connectivity index (χ2v) is 7.70. The monoisotopic (exact) mass is 340 g/mol. The minimum absolute atomic E-state index is 0.176. The van der Waals surface area contributed by atoms with Crippen LogP contribution in [0.5, 0.6) is 11.5 Å². The fraction of sp³-hybridized carbons (Fsp3) is 0.0526. The number of hydrogen-bond acceptors (Lipinski definition) is 3. The average molecular weight is 340 g/mol. The predicted molar refractivity (Wildman–Crippen MR) is 95.5 cm³/mol. The van der Waals surface area contributed by atoms with Crippen molar-refractivity contribution in [2.75, 3.05) is 0 Å². The van der Waals surface area contributed by atoms with E-state index in [0.717, 1.165) is 17.2 Å². The molecule has 122 valence electrons. The average Bonchev–Trinajstić information content (AvgIpc) is 2.57. The molecule has 3 aromatic rings. The summed E-state index contributed by atoms with van der Waals surface area (Å²) in [6.45, 7) is 1.93. The van der Waals surface area contributed by atoms with Crippen LogP contribution in [0.15, 0.2) is 66.7 Å². The lowest BCUT2D eigenvalue weighted by atomic mass is 10.0. The fourth-order valence-electron chi connectivity index (χ4n) is 2.73. The van der Waals surface area contributed by atoms with Crippen LogP contribution in [0, 0.1) is 6.92 Å². The van der Waals surface area contributed by atoms with Crippen molar-refractivity contribution in [2.24, 2.45) is 0 Å². The Kier molecular flexibility index (Phi) is 4.18. The Hall–Kier alpha value is -2.55. The third-order valence-electron chi connectivity index (χ3n) is 3.95. The topological polar surface area (TPSA) is 77.8 Å². The first kappa shape index (κ1) is 16.3. The molecule has 0 aromatic heterocycles. The van der Waals surface area contributed by atoms with Crippen molar-refractivity contribution in [1.29, 1.82) is 0 Å².